The average Bonchev–Trinajstić information content (AvgIpc) is 3.26. The molecule has 0 saturated carbocycles. The normalized spacial score (nSPS) is 13.9. The molecule has 0 spiro atoms. The van der Waals surface area contributed by atoms with Gasteiger partial charge in [-0.2, -0.15) is 0 Å². The maximum Gasteiger partial charge on any atom is 0.573 e. The fourth-order valence-corrected chi connectivity index (χ4v) is 4.92. The number of carbonyl (C=O) groups is 1. The molecule has 4 aromatic rings. The monoisotopic (exact) mass is 538 g/mol. The Labute approximate surface area is 224 Å². The van der Waals surface area contributed by atoms with Crippen molar-refractivity contribution < 1.29 is 32.2 Å². The molecule has 5 rings (SSSR count). The van der Waals surface area contributed by atoms with E-state index < -0.39 is 6.36 Å². The number of halogens is 3. The highest BCUT2D eigenvalue weighted by Gasteiger charge is 2.31. The summed E-state index contributed by atoms with van der Waals surface area (Å²) in [5, 5.41) is 0.851. The third kappa shape index (κ3) is 6.47. The van der Waals surface area contributed by atoms with Crippen LogP contribution in [0.5, 0.6) is 17.2 Å². The van der Waals surface area contributed by atoms with Crippen molar-refractivity contribution >= 4 is 22.6 Å². The summed E-state index contributed by atoms with van der Waals surface area (Å²) in [7, 11) is 0. The van der Waals surface area contributed by atoms with Gasteiger partial charge in [0, 0.05) is 35.5 Å². The number of fused-ring (bicyclic) bond motifs is 1. The molecule has 204 valence electrons. The predicted octanol–water partition coefficient (Wildman–Crippen LogP) is 7.42. The van der Waals surface area contributed by atoms with Crippen LogP contribution in [0.25, 0.3) is 16.6 Å². The third-order valence-corrected chi connectivity index (χ3v) is 6.60. The quantitative estimate of drug-likeness (QED) is 0.219. The van der Waals surface area contributed by atoms with E-state index in [4.69, 9.17) is 9.47 Å². The molecule has 1 fully saturated rings. The zero-order valence-electron chi connectivity index (χ0n) is 21.5. The number of carbonyl (C=O) groups excluding carboxylic acids is 1. The zero-order valence-corrected chi connectivity index (χ0v) is 21.5. The molecule has 1 aliphatic heterocycles. The second-order valence-corrected chi connectivity index (χ2v) is 9.36. The molecule has 39 heavy (non-hydrogen) atoms. The molecule has 0 unspecified atom stereocenters. The van der Waals surface area contributed by atoms with Gasteiger partial charge >= 0.3 is 12.3 Å². The highest BCUT2D eigenvalue weighted by molar-refractivity contribution is 5.86. The largest absolute Gasteiger partial charge is 0.573 e. The van der Waals surface area contributed by atoms with Crippen molar-refractivity contribution in [1.29, 1.82) is 0 Å². The lowest BCUT2D eigenvalue weighted by Gasteiger charge is -2.29. The minimum atomic E-state index is -4.75. The number of piperidine rings is 1. The molecule has 0 bridgehead atoms. The molecule has 6 nitrogen and oxygen atoms in total. The molecule has 0 atom stereocenters. The van der Waals surface area contributed by atoms with Gasteiger partial charge in [0.25, 0.3) is 0 Å². The van der Waals surface area contributed by atoms with Crippen molar-refractivity contribution in [3.63, 3.8) is 0 Å². The number of esters is 1. The van der Waals surface area contributed by atoms with Gasteiger partial charge in [0.1, 0.15) is 17.2 Å². The molecule has 0 aliphatic carbocycles. The minimum Gasteiger partial charge on any atom is -0.466 e. The summed E-state index contributed by atoms with van der Waals surface area (Å²) in [6.07, 6.45) is -0.985. The van der Waals surface area contributed by atoms with Crippen molar-refractivity contribution in [2.45, 2.75) is 39.0 Å². The van der Waals surface area contributed by atoms with E-state index in [1.54, 1.807) is 13.0 Å². The van der Waals surface area contributed by atoms with Crippen LogP contribution in [0, 0.1) is 0 Å². The topological polar surface area (TPSA) is 52.9 Å². The predicted molar refractivity (Wildman–Crippen MR) is 143 cm³/mol. The van der Waals surface area contributed by atoms with Crippen LogP contribution in [0.2, 0.25) is 0 Å². The molecule has 0 N–H and O–H groups in total. The van der Waals surface area contributed by atoms with Gasteiger partial charge < -0.3 is 23.7 Å². The van der Waals surface area contributed by atoms with E-state index in [1.165, 1.54) is 49.2 Å². The van der Waals surface area contributed by atoms with E-state index in [-0.39, 0.29) is 18.1 Å². The van der Waals surface area contributed by atoms with Gasteiger partial charge in [0.2, 0.25) is 0 Å². The molecular weight excluding hydrogens is 509 g/mol. The molecule has 1 aliphatic rings. The standard InChI is InChI=1S/C30H29F3N2O4/c1-2-37-29(36)20-24-18-21-19-27(38-25-10-12-26(13-11-25)39-30(31,32)33)14-15-28(21)35(24)23-8-6-22(7-9-23)34-16-4-3-5-17-34/h6-15,18-19H,2-5,16-17,20H2,1H3. The van der Waals surface area contributed by atoms with Crippen LogP contribution in [-0.4, -0.2) is 36.6 Å². The highest BCUT2D eigenvalue weighted by atomic mass is 19.4. The van der Waals surface area contributed by atoms with Crippen molar-refractivity contribution in [3.8, 4) is 22.9 Å². The summed E-state index contributed by atoms with van der Waals surface area (Å²) in [5.41, 5.74) is 3.78. The SMILES string of the molecule is CCOC(=O)Cc1cc2cc(Oc3ccc(OC(F)(F)F)cc3)ccc2n1-c1ccc(N2CCCCC2)cc1. The van der Waals surface area contributed by atoms with Crippen LogP contribution >= 0.6 is 0 Å². The van der Waals surface area contributed by atoms with Crippen molar-refractivity contribution in [2.75, 3.05) is 24.6 Å². The molecule has 2 heterocycles. The number of anilines is 1. The summed E-state index contributed by atoms with van der Waals surface area (Å²) in [6.45, 7) is 4.19. The number of hydrogen-bond donors (Lipinski definition) is 0. The van der Waals surface area contributed by atoms with Gasteiger partial charge in [0.05, 0.1) is 18.5 Å². The van der Waals surface area contributed by atoms with Crippen LogP contribution in [0.4, 0.5) is 18.9 Å². The maximum atomic E-state index is 12.4. The van der Waals surface area contributed by atoms with Crippen molar-refractivity contribution in [1.82, 2.24) is 4.57 Å². The van der Waals surface area contributed by atoms with Crippen LogP contribution in [0.1, 0.15) is 31.9 Å². The van der Waals surface area contributed by atoms with Gasteiger partial charge in [-0.3, -0.25) is 4.79 Å². The Bertz CT molecular complexity index is 1420. The van der Waals surface area contributed by atoms with Gasteiger partial charge in [-0.05, 0) is 99.0 Å². The highest BCUT2D eigenvalue weighted by Crippen LogP contribution is 2.32. The van der Waals surface area contributed by atoms with Crippen LogP contribution in [-0.2, 0) is 16.0 Å². The maximum absolute atomic E-state index is 12.4. The zero-order chi connectivity index (χ0) is 27.4. The Morgan fingerprint density at radius 2 is 1.46 bits per heavy atom. The van der Waals surface area contributed by atoms with E-state index in [9.17, 15) is 18.0 Å². The van der Waals surface area contributed by atoms with Gasteiger partial charge in [-0.15, -0.1) is 13.2 Å². The lowest BCUT2D eigenvalue weighted by molar-refractivity contribution is -0.274. The fourth-order valence-electron chi connectivity index (χ4n) is 4.92. The number of benzene rings is 3. The van der Waals surface area contributed by atoms with Crippen LogP contribution in [0.3, 0.4) is 0 Å². The second-order valence-electron chi connectivity index (χ2n) is 9.36. The molecule has 1 saturated heterocycles. The number of hydrogen-bond acceptors (Lipinski definition) is 5. The third-order valence-electron chi connectivity index (χ3n) is 6.60. The first-order valence-corrected chi connectivity index (χ1v) is 13.0. The number of aromatic nitrogens is 1. The summed E-state index contributed by atoms with van der Waals surface area (Å²) < 4.78 is 54.4. The first kappa shape index (κ1) is 26.5. The number of rotatable bonds is 8. The van der Waals surface area contributed by atoms with Gasteiger partial charge in [0.15, 0.2) is 0 Å². The lowest BCUT2D eigenvalue weighted by atomic mass is 10.1. The Balaban J connectivity index is 1.43. The lowest BCUT2D eigenvalue weighted by Crippen LogP contribution is -2.29. The molecule has 1 aromatic heterocycles. The molecule has 3 aromatic carbocycles. The molecular formula is C30H29F3N2O4. The smallest absolute Gasteiger partial charge is 0.466 e. The van der Waals surface area contributed by atoms with Gasteiger partial charge in [-0.1, -0.05) is 0 Å². The number of alkyl halides is 3. The van der Waals surface area contributed by atoms with E-state index in [0.29, 0.717) is 18.1 Å². The fraction of sp³-hybridized carbons (Fsp3) is 0.300. The molecule has 0 amide bonds. The summed E-state index contributed by atoms with van der Waals surface area (Å²) >= 11 is 0. The second kappa shape index (κ2) is 11.3. The minimum absolute atomic E-state index is 0.104. The van der Waals surface area contributed by atoms with E-state index in [2.05, 4.69) is 33.9 Å². The summed E-state index contributed by atoms with van der Waals surface area (Å²) in [4.78, 5) is 14.8. The molecule has 9 heteroatoms. The first-order chi connectivity index (χ1) is 18.8. The van der Waals surface area contributed by atoms with E-state index in [1.807, 2.05) is 22.8 Å². The Hall–Kier alpha value is -4.14. The number of ether oxygens (including phenoxy) is 3. The van der Waals surface area contributed by atoms with Crippen LogP contribution < -0.4 is 14.4 Å². The van der Waals surface area contributed by atoms with E-state index in [0.717, 1.165) is 35.4 Å². The first-order valence-electron chi connectivity index (χ1n) is 13.0. The Morgan fingerprint density at radius 3 is 2.13 bits per heavy atom. The van der Waals surface area contributed by atoms with Crippen molar-refractivity contribution in [2.24, 2.45) is 0 Å². The summed E-state index contributed by atoms with van der Waals surface area (Å²) in [6, 6.07) is 21.0. The van der Waals surface area contributed by atoms with Crippen LogP contribution in [0.15, 0.2) is 72.8 Å². The van der Waals surface area contributed by atoms with E-state index >= 15 is 0 Å². The Morgan fingerprint density at radius 1 is 0.821 bits per heavy atom. The molecule has 0 radical (unpaired) electrons. The Kier molecular flexibility index (Phi) is 7.67. The number of nitrogens with zero attached hydrogens (tertiary/aromatic N) is 2. The summed E-state index contributed by atoms with van der Waals surface area (Å²) in [5.74, 6) is 0.233. The van der Waals surface area contributed by atoms with Crippen molar-refractivity contribution in [3.05, 3.63) is 78.5 Å². The average molecular weight is 539 g/mol. The van der Waals surface area contributed by atoms with Gasteiger partial charge in [-0.25, -0.2) is 0 Å².